The molecule has 0 unspecified atom stereocenters. The van der Waals surface area contributed by atoms with Crippen LogP contribution < -0.4 is 16.4 Å². The van der Waals surface area contributed by atoms with Crippen LogP contribution in [-0.2, 0) is 4.74 Å². The third-order valence-electron chi connectivity index (χ3n) is 3.96. The fourth-order valence-electron chi connectivity index (χ4n) is 2.87. The van der Waals surface area contributed by atoms with Crippen molar-refractivity contribution in [2.24, 2.45) is 5.73 Å². The van der Waals surface area contributed by atoms with E-state index in [0.29, 0.717) is 29.5 Å². The number of aromatic nitrogens is 2. The Labute approximate surface area is 143 Å². The zero-order chi connectivity index (χ0) is 17.7. The summed E-state index contributed by atoms with van der Waals surface area (Å²) in [6.07, 6.45) is 5.97. The van der Waals surface area contributed by atoms with Crippen molar-refractivity contribution in [3.05, 3.63) is 11.8 Å². The second-order valence-corrected chi connectivity index (χ2v) is 7.27. The largest absolute Gasteiger partial charge is 0.379 e. The molecule has 0 saturated heterocycles. The maximum absolute atomic E-state index is 11.6. The van der Waals surface area contributed by atoms with Crippen LogP contribution >= 0.6 is 0 Å². The van der Waals surface area contributed by atoms with Crippen LogP contribution in [0.1, 0.15) is 63.7 Å². The molecule has 1 fully saturated rings. The highest BCUT2D eigenvalue weighted by Gasteiger charge is 2.23. The molecule has 2 rings (SSSR count). The van der Waals surface area contributed by atoms with E-state index in [2.05, 4.69) is 20.6 Å². The van der Waals surface area contributed by atoms with Gasteiger partial charge in [0.15, 0.2) is 0 Å². The average Bonchev–Trinajstić information content (AvgIpc) is 2.48. The molecule has 1 aromatic rings. The summed E-state index contributed by atoms with van der Waals surface area (Å²) in [7, 11) is 0. The Morgan fingerprint density at radius 3 is 2.54 bits per heavy atom. The van der Waals surface area contributed by atoms with Gasteiger partial charge in [-0.05, 0) is 53.4 Å². The SMILES string of the molecule is CCO[C@H]1CC[C@H](Nc2ncc(C(N)=O)c(NC(C)(C)C)n2)CC1. The lowest BCUT2D eigenvalue weighted by Gasteiger charge is -2.29. The Balaban J connectivity index is 2.06. The summed E-state index contributed by atoms with van der Waals surface area (Å²) in [5.74, 6) is 0.452. The number of ether oxygens (including phenoxy) is 1. The van der Waals surface area contributed by atoms with E-state index >= 15 is 0 Å². The highest BCUT2D eigenvalue weighted by molar-refractivity contribution is 5.97. The number of carbonyl (C=O) groups excluding carboxylic acids is 1. The van der Waals surface area contributed by atoms with Crippen LogP contribution in [0.5, 0.6) is 0 Å². The van der Waals surface area contributed by atoms with Gasteiger partial charge in [0.25, 0.3) is 5.91 Å². The van der Waals surface area contributed by atoms with Crippen LogP contribution in [0.4, 0.5) is 11.8 Å². The van der Waals surface area contributed by atoms with Crippen LogP contribution in [-0.4, -0.2) is 40.2 Å². The molecule has 7 heteroatoms. The van der Waals surface area contributed by atoms with Crippen molar-refractivity contribution in [2.45, 2.75) is 71.1 Å². The van der Waals surface area contributed by atoms with E-state index in [1.165, 1.54) is 6.20 Å². The number of hydrogen-bond acceptors (Lipinski definition) is 6. The van der Waals surface area contributed by atoms with E-state index in [1.807, 2.05) is 27.7 Å². The predicted octanol–water partition coefficient (Wildman–Crippen LogP) is 2.55. The third-order valence-corrected chi connectivity index (χ3v) is 3.96. The van der Waals surface area contributed by atoms with Gasteiger partial charge in [-0.25, -0.2) is 4.98 Å². The Hall–Kier alpha value is -1.89. The number of nitrogens with two attached hydrogens (primary N) is 1. The average molecular weight is 335 g/mol. The number of hydrogen-bond donors (Lipinski definition) is 3. The number of rotatable bonds is 6. The normalized spacial score (nSPS) is 21.3. The minimum Gasteiger partial charge on any atom is -0.379 e. The first-order chi connectivity index (χ1) is 11.3. The van der Waals surface area contributed by atoms with Gasteiger partial charge in [0.2, 0.25) is 5.95 Å². The van der Waals surface area contributed by atoms with Gasteiger partial charge in [0.1, 0.15) is 5.82 Å². The van der Waals surface area contributed by atoms with E-state index in [-0.39, 0.29) is 5.54 Å². The quantitative estimate of drug-likeness (QED) is 0.738. The molecule has 1 aliphatic carbocycles. The first-order valence-corrected chi connectivity index (χ1v) is 8.61. The van der Waals surface area contributed by atoms with Gasteiger partial charge in [0, 0.05) is 24.4 Å². The van der Waals surface area contributed by atoms with E-state index < -0.39 is 5.91 Å². The van der Waals surface area contributed by atoms with Gasteiger partial charge in [-0.15, -0.1) is 0 Å². The molecule has 1 aromatic heterocycles. The lowest BCUT2D eigenvalue weighted by Crippen LogP contribution is -2.32. The van der Waals surface area contributed by atoms with Gasteiger partial charge in [0.05, 0.1) is 11.7 Å². The second kappa shape index (κ2) is 7.79. The molecule has 1 heterocycles. The van der Waals surface area contributed by atoms with Crippen molar-refractivity contribution < 1.29 is 9.53 Å². The van der Waals surface area contributed by atoms with E-state index in [4.69, 9.17) is 10.5 Å². The van der Waals surface area contributed by atoms with Crippen LogP contribution in [0.25, 0.3) is 0 Å². The van der Waals surface area contributed by atoms with Gasteiger partial charge >= 0.3 is 0 Å². The van der Waals surface area contributed by atoms with E-state index in [0.717, 1.165) is 32.3 Å². The molecule has 0 aromatic carbocycles. The number of nitrogens with zero attached hydrogens (tertiary/aromatic N) is 2. The van der Waals surface area contributed by atoms with Crippen molar-refractivity contribution in [3.8, 4) is 0 Å². The molecule has 4 N–H and O–H groups in total. The van der Waals surface area contributed by atoms with Crippen LogP contribution in [0, 0.1) is 0 Å². The minimum absolute atomic E-state index is 0.231. The summed E-state index contributed by atoms with van der Waals surface area (Å²) in [5, 5.41) is 6.59. The Bertz CT molecular complexity index is 563. The number of nitrogens with one attached hydrogen (secondary N) is 2. The molecular formula is C17H29N5O2. The maximum atomic E-state index is 11.6. The molecule has 24 heavy (non-hydrogen) atoms. The molecule has 1 amide bonds. The van der Waals surface area contributed by atoms with E-state index in [9.17, 15) is 4.79 Å². The van der Waals surface area contributed by atoms with Crippen LogP contribution in [0.15, 0.2) is 6.20 Å². The number of amides is 1. The summed E-state index contributed by atoms with van der Waals surface area (Å²) < 4.78 is 5.68. The summed E-state index contributed by atoms with van der Waals surface area (Å²) in [4.78, 5) is 20.3. The molecule has 134 valence electrons. The molecule has 0 bridgehead atoms. The van der Waals surface area contributed by atoms with E-state index in [1.54, 1.807) is 0 Å². The molecule has 0 atom stereocenters. The first-order valence-electron chi connectivity index (χ1n) is 8.61. The summed E-state index contributed by atoms with van der Waals surface area (Å²) in [6, 6.07) is 0.323. The highest BCUT2D eigenvalue weighted by Crippen LogP contribution is 2.24. The number of anilines is 2. The molecule has 1 aliphatic rings. The maximum Gasteiger partial charge on any atom is 0.254 e. The van der Waals surface area contributed by atoms with Crippen molar-refractivity contribution in [1.82, 2.24) is 9.97 Å². The summed E-state index contributed by atoms with van der Waals surface area (Å²) >= 11 is 0. The number of primary amides is 1. The fraction of sp³-hybridized carbons (Fsp3) is 0.706. The summed E-state index contributed by atoms with van der Waals surface area (Å²) in [6.45, 7) is 8.80. The second-order valence-electron chi connectivity index (χ2n) is 7.27. The van der Waals surface area contributed by atoms with Gasteiger partial charge < -0.3 is 21.1 Å². The molecule has 0 aliphatic heterocycles. The molecule has 0 radical (unpaired) electrons. The van der Waals surface area contributed by atoms with Crippen molar-refractivity contribution in [3.63, 3.8) is 0 Å². The van der Waals surface area contributed by atoms with Crippen LogP contribution in [0.2, 0.25) is 0 Å². The van der Waals surface area contributed by atoms with Gasteiger partial charge in [-0.2, -0.15) is 4.98 Å². The third kappa shape index (κ3) is 5.33. The Kier molecular flexibility index (Phi) is 5.99. The minimum atomic E-state index is -0.537. The highest BCUT2D eigenvalue weighted by atomic mass is 16.5. The topological polar surface area (TPSA) is 102 Å². The molecule has 0 spiro atoms. The predicted molar refractivity (Wildman–Crippen MR) is 95.2 cm³/mol. The zero-order valence-electron chi connectivity index (χ0n) is 15.1. The fourth-order valence-corrected chi connectivity index (χ4v) is 2.87. The van der Waals surface area contributed by atoms with Gasteiger partial charge in [-0.1, -0.05) is 0 Å². The standard InChI is InChI=1S/C17H29N5O2/c1-5-24-12-8-6-11(7-9-12)20-16-19-10-13(14(18)23)15(21-16)22-17(2,3)4/h10-12H,5-9H2,1-4H3,(H2,18,23)(H2,19,20,21,22)/t11-,12-. The summed E-state index contributed by atoms with van der Waals surface area (Å²) in [5.41, 5.74) is 5.49. The lowest BCUT2D eigenvalue weighted by atomic mass is 9.93. The van der Waals surface area contributed by atoms with Crippen molar-refractivity contribution in [2.75, 3.05) is 17.2 Å². The molecule has 7 nitrogen and oxygen atoms in total. The lowest BCUT2D eigenvalue weighted by molar-refractivity contribution is 0.0346. The Morgan fingerprint density at radius 1 is 1.33 bits per heavy atom. The molecular weight excluding hydrogens is 306 g/mol. The zero-order valence-corrected chi connectivity index (χ0v) is 15.1. The van der Waals surface area contributed by atoms with Crippen molar-refractivity contribution >= 4 is 17.7 Å². The van der Waals surface area contributed by atoms with Crippen LogP contribution in [0.3, 0.4) is 0 Å². The first kappa shape index (κ1) is 18.4. The Morgan fingerprint density at radius 2 is 2.00 bits per heavy atom. The van der Waals surface area contributed by atoms with Crippen molar-refractivity contribution in [1.29, 1.82) is 0 Å². The van der Waals surface area contributed by atoms with Gasteiger partial charge in [-0.3, -0.25) is 4.79 Å². The smallest absolute Gasteiger partial charge is 0.254 e. The molecule has 1 saturated carbocycles. The number of carbonyl (C=O) groups is 1. The monoisotopic (exact) mass is 335 g/mol.